The Morgan fingerprint density at radius 1 is 1.13 bits per heavy atom. The summed E-state index contributed by atoms with van der Waals surface area (Å²) in [7, 11) is 3.93. The van der Waals surface area contributed by atoms with Gasteiger partial charge in [-0.05, 0) is 49.4 Å². The number of fused-ring (bicyclic) bond motifs is 2. The number of rotatable bonds is 4. The lowest BCUT2D eigenvalue weighted by atomic mass is 9.80. The molecule has 0 N–H and O–H groups in total. The lowest BCUT2D eigenvalue weighted by Crippen LogP contribution is -2.40. The molecule has 0 radical (unpaired) electrons. The van der Waals surface area contributed by atoms with E-state index in [4.69, 9.17) is 14.7 Å². The van der Waals surface area contributed by atoms with Crippen molar-refractivity contribution in [3.05, 3.63) is 71.4 Å². The predicted molar refractivity (Wildman–Crippen MR) is 117 cm³/mol. The highest BCUT2D eigenvalue weighted by molar-refractivity contribution is 5.58. The Bertz CT molecular complexity index is 1090. The second kappa shape index (κ2) is 7.98. The zero-order valence-electron chi connectivity index (χ0n) is 17.9. The Morgan fingerprint density at radius 3 is 2.77 bits per heavy atom. The molecule has 1 saturated heterocycles. The minimum absolute atomic E-state index is 0.101. The zero-order chi connectivity index (χ0) is 21.4. The lowest BCUT2D eigenvalue weighted by molar-refractivity contribution is 0.0502. The van der Waals surface area contributed by atoms with Crippen molar-refractivity contribution < 1.29 is 9.13 Å². The van der Waals surface area contributed by atoms with E-state index in [0.29, 0.717) is 13.2 Å². The largest absolute Gasteiger partial charge is 0.376 e. The summed E-state index contributed by atoms with van der Waals surface area (Å²) in [6, 6.07) is 12.5. The molecule has 2 aliphatic rings. The second-order valence-corrected chi connectivity index (χ2v) is 8.69. The van der Waals surface area contributed by atoms with Crippen LogP contribution in [0.4, 0.5) is 10.3 Å². The fraction of sp³-hybridized carbons (Fsp3) is 0.375. The summed E-state index contributed by atoms with van der Waals surface area (Å²) in [6.45, 7) is 3.87. The van der Waals surface area contributed by atoms with E-state index in [9.17, 15) is 4.39 Å². The molecule has 0 unspecified atom stereocenters. The van der Waals surface area contributed by atoms with Crippen LogP contribution in [0.3, 0.4) is 0 Å². The van der Waals surface area contributed by atoms with E-state index in [1.165, 1.54) is 12.1 Å². The predicted octanol–water partition coefficient (Wildman–Crippen LogP) is 3.42. The van der Waals surface area contributed by atoms with Crippen LogP contribution in [0.5, 0.6) is 0 Å². The van der Waals surface area contributed by atoms with Gasteiger partial charge in [-0.15, -0.1) is 0 Å². The van der Waals surface area contributed by atoms with Crippen molar-refractivity contribution in [3.8, 4) is 11.3 Å². The minimum atomic E-state index is -0.238. The fourth-order valence-electron chi connectivity index (χ4n) is 4.58. The van der Waals surface area contributed by atoms with Gasteiger partial charge in [0.25, 0.3) is 0 Å². The standard InChI is InChI=1S/C24H26FN5O/c1-29(2)23-26-12-18-14-31-16-24(22(18)28-23)10-11-30(15-24)13-20-4-3-5-21(27-20)17-6-8-19(25)9-7-17/h3-9,12H,10-11,13-16H2,1-2H3/t24-/m1/s1. The Hall–Kier alpha value is -2.90. The third kappa shape index (κ3) is 3.91. The molecular formula is C24H26FN5O. The van der Waals surface area contributed by atoms with Crippen LogP contribution in [0.1, 0.15) is 23.4 Å². The second-order valence-electron chi connectivity index (χ2n) is 8.69. The molecule has 6 nitrogen and oxygen atoms in total. The first kappa shape index (κ1) is 20.0. The molecular weight excluding hydrogens is 393 g/mol. The summed E-state index contributed by atoms with van der Waals surface area (Å²) >= 11 is 0. The van der Waals surface area contributed by atoms with Crippen LogP contribution in [0.2, 0.25) is 0 Å². The van der Waals surface area contributed by atoms with Gasteiger partial charge in [0.1, 0.15) is 5.82 Å². The van der Waals surface area contributed by atoms with Crippen molar-refractivity contribution in [1.29, 1.82) is 0 Å². The highest BCUT2D eigenvalue weighted by Crippen LogP contribution is 2.39. The number of hydrogen-bond acceptors (Lipinski definition) is 6. The molecule has 1 atom stereocenters. The molecule has 4 heterocycles. The van der Waals surface area contributed by atoms with E-state index in [0.717, 1.165) is 60.2 Å². The van der Waals surface area contributed by atoms with Crippen LogP contribution in [0.15, 0.2) is 48.7 Å². The number of halogens is 1. The summed E-state index contributed by atoms with van der Waals surface area (Å²) in [4.78, 5) is 18.6. The van der Waals surface area contributed by atoms with Gasteiger partial charge in [-0.25, -0.2) is 14.4 Å². The first-order chi connectivity index (χ1) is 15.0. The third-order valence-corrected chi connectivity index (χ3v) is 6.16. The van der Waals surface area contributed by atoms with Crippen molar-refractivity contribution in [2.45, 2.75) is 25.0 Å². The van der Waals surface area contributed by atoms with Gasteiger partial charge in [0, 0.05) is 44.5 Å². The van der Waals surface area contributed by atoms with E-state index in [-0.39, 0.29) is 11.2 Å². The van der Waals surface area contributed by atoms with E-state index in [2.05, 4.69) is 16.0 Å². The van der Waals surface area contributed by atoms with Crippen molar-refractivity contribution in [2.24, 2.45) is 0 Å². The molecule has 31 heavy (non-hydrogen) atoms. The number of nitrogens with zero attached hydrogens (tertiary/aromatic N) is 5. The number of ether oxygens (including phenoxy) is 1. The molecule has 2 aliphatic heterocycles. The molecule has 0 saturated carbocycles. The van der Waals surface area contributed by atoms with Crippen LogP contribution in [0.25, 0.3) is 11.3 Å². The monoisotopic (exact) mass is 419 g/mol. The number of anilines is 1. The van der Waals surface area contributed by atoms with E-state index >= 15 is 0 Å². The Kier molecular flexibility index (Phi) is 5.16. The number of likely N-dealkylation sites (tertiary alicyclic amines) is 1. The topological polar surface area (TPSA) is 54.4 Å². The zero-order valence-corrected chi connectivity index (χ0v) is 17.9. The maximum absolute atomic E-state index is 13.3. The molecule has 0 aliphatic carbocycles. The lowest BCUT2D eigenvalue weighted by Gasteiger charge is -2.34. The van der Waals surface area contributed by atoms with Gasteiger partial charge in [-0.2, -0.15) is 0 Å². The SMILES string of the molecule is CN(C)c1ncc2c(n1)[C@@]1(CCN(Cc3cccc(-c4ccc(F)cc4)n3)C1)COC2. The fourth-order valence-corrected chi connectivity index (χ4v) is 4.58. The molecule has 0 bridgehead atoms. The van der Waals surface area contributed by atoms with Crippen LogP contribution in [0, 0.1) is 5.82 Å². The Labute approximate surface area is 181 Å². The highest BCUT2D eigenvalue weighted by Gasteiger charge is 2.45. The first-order valence-electron chi connectivity index (χ1n) is 10.6. The number of aromatic nitrogens is 3. The van der Waals surface area contributed by atoms with Gasteiger partial charge in [-0.1, -0.05) is 6.07 Å². The average molecular weight is 420 g/mol. The third-order valence-electron chi connectivity index (χ3n) is 6.16. The summed E-state index contributed by atoms with van der Waals surface area (Å²) in [5.74, 6) is 0.505. The Balaban J connectivity index is 1.36. The summed E-state index contributed by atoms with van der Waals surface area (Å²) in [6.07, 6.45) is 2.91. The molecule has 7 heteroatoms. The van der Waals surface area contributed by atoms with Crippen molar-refractivity contribution in [1.82, 2.24) is 19.9 Å². The molecule has 0 amide bonds. The van der Waals surface area contributed by atoms with Crippen molar-refractivity contribution in [3.63, 3.8) is 0 Å². The minimum Gasteiger partial charge on any atom is -0.376 e. The number of hydrogen-bond donors (Lipinski definition) is 0. The van der Waals surface area contributed by atoms with Crippen LogP contribution >= 0.6 is 0 Å². The van der Waals surface area contributed by atoms with Gasteiger partial charge >= 0.3 is 0 Å². The molecule has 1 fully saturated rings. The van der Waals surface area contributed by atoms with Crippen molar-refractivity contribution in [2.75, 3.05) is 38.7 Å². The molecule has 2 aromatic heterocycles. The normalized spacial score (nSPS) is 20.7. The summed E-state index contributed by atoms with van der Waals surface area (Å²) < 4.78 is 19.2. The van der Waals surface area contributed by atoms with Gasteiger partial charge in [0.2, 0.25) is 5.95 Å². The van der Waals surface area contributed by atoms with Crippen LogP contribution in [-0.4, -0.2) is 53.6 Å². The maximum Gasteiger partial charge on any atom is 0.225 e. The number of pyridine rings is 1. The van der Waals surface area contributed by atoms with Gasteiger partial charge in [0.05, 0.1) is 35.7 Å². The smallest absolute Gasteiger partial charge is 0.225 e. The summed E-state index contributed by atoms with van der Waals surface area (Å²) in [5, 5.41) is 0. The maximum atomic E-state index is 13.3. The molecule has 1 aromatic carbocycles. The molecule has 3 aromatic rings. The highest BCUT2D eigenvalue weighted by atomic mass is 19.1. The first-order valence-corrected chi connectivity index (χ1v) is 10.6. The van der Waals surface area contributed by atoms with Crippen LogP contribution in [-0.2, 0) is 23.3 Å². The van der Waals surface area contributed by atoms with E-state index in [1.54, 1.807) is 12.1 Å². The van der Waals surface area contributed by atoms with Gasteiger partial charge in [0.15, 0.2) is 0 Å². The summed E-state index contributed by atoms with van der Waals surface area (Å²) in [5.41, 5.74) is 4.91. The van der Waals surface area contributed by atoms with Gasteiger partial charge in [-0.3, -0.25) is 9.88 Å². The van der Waals surface area contributed by atoms with E-state index < -0.39 is 0 Å². The molecule has 5 rings (SSSR count). The molecule has 1 spiro atoms. The average Bonchev–Trinajstić information content (AvgIpc) is 3.17. The molecule has 160 valence electrons. The van der Waals surface area contributed by atoms with Gasteiger partial charge < -0.3 is 9.64 Å². The van der Waals surface area contributed by atoms with Crippen molar-refractivity contribution >= 4 is 5.95 Å². The number of benzene rings is 1. The Morgan fingerprint density at radius 2 is 1.97 bits per heavy atom. The quantitative estimate of drug-likeness (QED) is 0.646. The van der Waals surface area contributed by atoms with Crippen LogP contribution < -0.4 is 4.90 Å². The van der Waals surface area contributed by atoms with E-state index in [1.807, 2.05) is 37.3 Å².